The molecule has 10 nitrogen and oxygen atoms in total. The van der Waals surface area contributed by atoms with E-state index in [1.165, 1.54) is 41.7 Å². The van der Waals surface area contributed by atoms with Crippen LogP contribution in [0.2, 0.25) is 0 Å². The van der Waals surface area contributed by atoms with E-state index in [4.69, 9.17) is 4.74 Å². The average Bonchev–Trinajstić information content (AvgIpc) is 3.21. The molecular weight excluding hydrogens is 448 g/mol. The molecule has 174 valence electrons. The predicted octanol–water partition coefficient (Wildman–Crippen LogP) is 3.37. The molecule has 0 atom stereocenters. The molecular formula is C22H24N4O6S. The van der Waals surface area contributed by atoms with E-state index < -0.39 is 20.9 Å². The van der Waals surface area contributed by atoms with Gasteiger partial charge < -0.3 is 14.6 Å². The van der Waals surface area contributed by atoms with Crippen molar-refractivity contribution < 1.29 is 22.9 Å². The molecule has 1 aliphatic rings. The van der Waals surface area contributed by atoms with Crippen LogP contribution in [0, 0.1) is 10.1 Å². The van der Waals surface area contributed by atoms with Crippen molar-refractivity contribution in [3.8, 4) is 5.75 Å². The molecule has 33 heavy (non-hydrogen) atoms. The number of sulfonamides is 1. The molecule has 1 aromatic heterocycles. The first kappa shape index (κ1) is 22.7. The number of benzene rings is 2. The third kappa shape index (κ3) is 4.69. The third-order valence-corrected chi connectivity index (χ3v) is 7.57. The number of hydrogen-bond donors (Lipinski definition) is 1. The van der Waals surface area contributed by atoms with E-state index in [-0.39, 0.29) is 22.8 Å². The lowest BCUT2D eigenvalue weighted by Gasteiger charge is -2.26. The minimum absolute atomic E-state index is 0.0267. The normalized spacial score (nSPS) is 14.8. The first-order valence-corrected chi connectivity index (χ1v) is 11.9. The van der Waals surface area contributed by atoms with E-state index in [0.717, 1.165) is 19.3 Å². The van der Waals surface area contributed by atoms with Gasteiger partial charge in [0.1, 0.15) is 12.3 Å². The highest BCUT2D eigenvalue weighted by atomic mass is 32.2. The number of carbonyl (C=O) groups excluding carboxylic acids is 1. The SMILES string of the molecule is COc1ccc(S(=O)(=O)N2CCCCC2)cc1NC(=O)Cn1ccc2cc([N+](=O)[O-])ccc21. The maximum Gasteiger partial charge on any atom is 0.270 e. The van der Waals surface area contributed by atoms with Crippen LogP contribution in [0.1, 0.15) is 19.3 Å². The molecule has 1 N–H and O–H groups in total. The first-order valence-electron chi connectivity index (χ1n) is 10.5. The van der Waals surface area contributed by atoms with Crippen molar-refractivity contribution in [3.63, 3.8) is 0 Å². The fourth-order valence-electron chi connectivity index (χ4n) is 3.98. The van der Waals surface area contributed by atoms with E-state index in [1.807, 2.05) is 0 Å². The number of hydrogen-bond acceptors (Lipinski definition) is 6. The Balaban J connectivity index is 1.55. The van der Waals surface area contributed by atoms with Gasteiger partial charge in [-0.25, -0.2) is 8.42 Å². The summed E-state index contributed by atoms with van der Waals surface area (Å²) in [6.07, 6.45) is 4.33. The van der Waals surface area contributed by atoms with Crippen LogP contribution >= 0.6 is 0 Å². The third-order valence-electron chi connectivity index (χ3n) is 5.68. The second-order valence-electron chi connectivity index (χ2n) is 7.82. The first-order chi connectivity index (χ1) is 15.8. The number of ether oxygens (including phenoxy) is 1. The smallest absolute Gasteiger partial charge is 0.270 e. The molecule has 0 bridgehead atoms. The van der Waals surface area contributed by atoms with Crippen LogP contribution in [0.4, 0.5) is 11.4 Å². The van der Waals surface area contributed by atoms with Gasteiger partial charge in [0.15, 0.2) is 0 Å². The lowest BCUT2D eigenvalue weighted by molar-refractivity contribution is -0.384. The van der Waals surface area contributed by atoms with Gasteiger partial charge in [0, 0.05) is 42.3 Å². The fourth-order valence-corrected chi connectivity index (χ4v) is 5.53. The maximum atomic E-state index is 13.0. The number of nitro groups is 1. The van der Waals surface area contributed by atoms with E-state index in [9.17, 15) is 23.3 Å². The van der Waals surface area contributed by atoms with Crippen molar-refractivity contribution in [1.29, 1.82) is 0 Å². The van der Waals surface area contributed by atoms with E-state index >= 15 is 0 Å². The molecule has 0 spiro atoms. The van der Waals surface area contributed by atoms with Crippen LogP contribution in [0.15, 0.2) is 53.6 Å². The molecule has 1 amide bonds. The lowest BCUT2D eigenvalue weighted by atomic mass is 10.2. The minimum Gasteiger partial charge on any atom is -0.495 e. The van der Waals surface area contributed by atoms with Crippen LogP contribution < -0.4 is 10.1 Å². The maximum absolute atomic E-state index is 13.0. The number of nitrogens with zero attached hydrogens (tertiary/aromatic N) is 3. The predicted molar refractivity (Wildman–Crippen MR) is 123 cm³/mol. The van der Waals surface area contributed by atoms with Gasteiger partial charge in [-0.05, 0) is 43.2 Å². The van der Waals surface area contributed by atoms with Gasteiger partial charge in [0.25, 0.3) is 5.69 Å². The van der Waals surface area contributed by atoms with Crippen LogP contribution in [-0.2, 0) is 21.4 Å². The molecule has 3 aromatic rings. The highest BCUT2D eigenvalue weighted by Gasteiger charge is 2.27. The minimum atomic E-state index is -3.67. The largest absolute Gasteiger partial charge is 0.495 e. The van der Waals surface area contributed by atoms with Gasteiger partial charge in [-0.3, -0.25) is 14.9 Å². The Morgan fingerprint density at radius 2 is 1.88 bits per heavy atom. The number of carbonyl (C=O) groups is 1. The van der Waals surface area contributed by atoms with Gasteiger partial charge in [-0.15, -0.1) is 0 Å². The zero-order valence-electron chi connectivity index (χ0n) is 18.1. The van der Waals surface area contributed by atoms with Crippen molar-refractivity contribution in [2.75, 3.05) is 25.5 Å². The van der Waals surface area contributed by atoms with E-state index in [2.05, 4.69) is 5.32 Å². The average molecular weight is 473 g/mol. The standard InChI is InChI=1S/C22H24N4O6S/c1-32-21-8-6-18(33(30,31)25-10-3-2-4-11-25)14-19(21)23-22(27)15-24-12-9-16-13-17(26(28)29)5-7-20(16)24/h5-9,12-14H,2-4,10-11,15H2,1H3,(H,23,27). The van der Waals surface area contributed by atoms with Crippen molar-refractivity contribution in [2.45, 2.75) is 30.7 Å². The molecule has 11 heteroatoms. The Labute approximate surface area is 191 Å². The summed E-state index contributed by atoms with van der Waals surface area (Å²) in [5, 5.41) is 14.3. The van der Waals surface area contributed by atoms with Gasteiger partial charge in [-0.2, -0.15) is 4.31 Å². The summed E-state index contributed by atoms with van der Waals surface area (Å²) in [6.45, 7) is 0.900. The number of piperidine rings is 1. The quantitative estimate of drug-likeness (QED) is 0.415. The summed E-state index contributed by atoms with van der Waals surface area (Å²) in [5.74, 6) is -0.0504. The monoisotopic (exact) mass is 472 g/mol. The summed E-state index contributed by atoms with van der Waals surface area (Å²) >= 11 is 0. The summed E-state index contributed by atoms with van der Waals surface area (Å²) in [5.41, 5.74) is 0.901. The number of nitrogens with one attached hydrogen (secondary N) is 1. The molecule has 1 aliphatic heterocycles. The second kappa shape index (κ2) is 9.20. The highest BCUT2D eigenvalue weighted by Crippen LogP contribution is 2.30. The summed E-state index contributed by atoms with van der Waals surface area (Å²) < 4.78 is 34.5. The topological polar surface area (TPSA) is 124 Å². The lowest BCUT2D eigenvalue weighted by Crippen LogP contribution is -2.35. The van der Waals surface area contributed by atoms with Crippen LogP contribution in [-0.4, -0.2) is 48.3 Å². The zero-order valence-corrected chi connectivity index (χ0v) is 18.9. The second-order valence-corrected chi connectivity index (χ2v) is 9.76. The van der Waals surface area contributed by atoms with Gasteiger partial charge >= 0.3 is 0 Å². The van der Waals surface area contributed by atoms with E-state index in [0.29, 0.717) is 29.7 Å². The molecule has 0 radical (unpaired) electrons. The number of methoxy groups -OCH3 is 1. The number of aromatic nitrogens is 1. The molecule has 0 unspecified atom stereocenters. The Morgan fingerprint density at radius 1 is 1.12 bits per heavy atom. The molecule has 4 rings (SSSR count). The van der Waals surface area contributed by atoms with Crippen LogP contribution in [0.3, 0.4) is 0 Å². The Bertz CT molecular complexity index is 1310. The van der Waals surface area contributed by atoms with Gasteiger partial charge in [0.05, 0.1) is 22.6 Å². The number of non-ortho nitro benzene ring substituents is 1. The molecule has 0 aliphatic carbocycles. The van der Waals surface area contributed by atoms with Crippen molar-refractivity contribution in [1.82, 2.24) is 8.87 Å². The molecule has 2 heterocycles. The number of rotatable bonds is 7. The van der Waals surface area contributed by atoms with Crippen molar-refractivity contribution in [2.24, 2.45) is 0 Å². The summed E-state index contributed by atoms with van der Waals surface area (Å²) in [7, 11) is -2.23. The van der Waals surface area contributed by atoms with Gasteiger partial charge in [-0.1, -0.05) is 6.42 Å². The Hall–Kier alpha value is -3.44. The summed E-state index contributed by atoms with van der Waals surface area (Å²) in [4.78, 5) is 23.4. The molecule has 0 saturated carbocycles. The number of anilines is 1. The molecule has 2 aromatic carbocycles. The van der Waals surface area contributed by atoms with E-state index in [1.54, 1.807) is 22.9 Å². The van der Waals surface area contributed by atoms with Crippen LogP contribution in [0.25, 0.3) is 10.9 Å². The van der Waals surface area contributed by atoms with Crippen molar-refractivity contribution in [3.05, 3.63) is 58.8 Å². The number of nitro benzene ring substituents is 1. The molecule has 1 fully saturated rings. The molecule has 1 saturated heterocycles. The zero-order chi connectivity index (χ0) is 23.6. The van der Waals surface area contributed by atoms with Crippen molar-refractivity contribution >= 4 is 38.2 Å². The fraction of sp³-hybridized carbons (Fsp3) is 0.318. The number of fused-ring (bicyclic) bond motifs is 1. The van der Waals surface area contributed by atoms with Gasteiger partial charge in [0.2, 0.25) is 15.9 Å². The Kier molecular flexibility index (Phi) is 6.34. The number of amides is 1. The summed E-state index contributed by atoms with van der Waals surface area (Å²) in [6, 6.07) is 10.5. The Morgan fingerprint density at radius 3 is 2.58 bits per heavy atom. The highest BCUT2D eigenvalue weighted by molar-refractivity contribution is 7.89. The van der Waals surface area contributed by atoms with Crippen LogP contribution in [0.5, 0.6) is 5.75 Å².